The van der Waals surface area contributed by atoms with E-state index < -0.39 is 17.8 Å². The summed E-state index contributed by atoms with van der Waals surface area (Å²) in [6.45, 7) is 0. The first-order valence-corrected chi connectivity index (χ1v) is 9.36. The largest absolute Gasteiger partial charge is 0.418 e. The van der Waals surface area contributed by atoms with Crippen LogP contribution in [0, 0.1) is 22.8 Å². The summed E-state index contributed by atoms with van der Waals surface area (Å²) in [7, 11) is 0. The molecule has 33 heavy (non-hydrogen) atoms. The van der Waals surface area contributed by atoms with Crippen molar-refractivity contribution in [1.29, 1.82) is 10.5 Å². The third-order valence-electron chi connectivity index (χ3n) is 4.97. The molecule has 6 N–H and O–H groups in total. The Morgan fingerprint density at radius 1 is 1.09 bits per heavy atom. The molecule has 0 aliphatic carbocycles. The Kier molecular flexibility index (Phi) is 5.20. The standard InChI is InChI=1S/C21H14F3N9/c22-21(23,24)13-2-1-7-29-16(13)10-3-5-11(6-4-10)17-14-15(27)12(8-25)18(28)32-19(14)33-20(31-17)30-9-26/h1-7,17H,(H6,27,28,30,31,32,33). The average Bonchev–Trinajstić information content (AvgIpc) is 2.78. The van der Waals surface area contributed by atoms with Gasteiger partial charge in [-0.25, -0.2) is 9.98 Å². The number of anilines is 3. The van der Waals surface area contributed by atoms with Crippen molar-refractivity contribution in [2.45, 2.75) is 12.2 Å². The minimum atomic E-state index is -4.56. The van der Waals surface area contributed by atoms with Crippen LogP contribution < -0.4 is 22.1 Å². The Balaban J connectivity index is 1.82. The number of fused-ring (bicyclic) bond motifs is 1. The Labute approximate surface area is 185 Å². The summed E-state index contributed by atoms with van der Waals surface area (Å²) in [6, 6.07) is 9.37. The lowest BCUT2D eigenvalue weighted by molar-refractivity contribution is -0.137. The first kappa shape index (κ1) is 21.4. The van der Waals surface area contributed by atoms with Crippen molar-refractivity contribution >= 4 is 23.3 Å². The Hall–Kier alpha value is -4.84. The van der Waals surface area contributed by atoms with E-state index in [9.17, 15) is 18.4 Å². The number of benzene rings is 1. The van der Waals surface area contributed by atoms with Gasteiger partial charge < -0.3 is 16.8 Å². The van der Waals surface area contributed by atoms with E-state index in [0.717, 1.165) is 6.07 Å². The zero-order chi connectivity index (χ0) is 23.8. The summed E-state index contributed by atoms with van der Waals surface area (Å²) >= 11 is 0. The molecule has 9 nitrogen and oxygen atoms in total. The van der Waals surface area contributed by atoms with E-state index in [1.165, 1.54) is 24.4 Å². The smallest absolute Gasteiger partial charge is 0.397 e. The second-order valence-electron chi connectivity index (χ2n) is 6.92. The molecule has 0 radical (unpaired) electrons. The van der Waals surface area contributed by atoms with Crippen molar-refractivity contribution < 1.29 is 13.2 Å². The molecule has 12 heteroatoms. The van der Waals surface area contributed by atoms with Gasteiger partial charge >= 0.3 is 6.18 Å². The molecule has 164 valence electrons. The number of halogens is 3. The van der Waals surface area contributed by atoms with Gasteiger partial charge in [0.1, 0.15) is 29.3 Å². The maximum Gasteiger partial charge on any atom is 0.418 e. The highest BCUT2D eigenvalue weighted by Crippen LogP contribution is 2.41. The van der Waals surface area contributed by atoms with Crippen molar-refractivity contribution in [3.8, 4) is 23.5 Å². The molecule has 0 fully saturated rings. The maximum absolute atomic E-state index is 13.4. The molecule has 0 bridgehead atoms. The summed E-state index contributed by atoms with van der Waals surface area (Å²) in [6.07, 6.45) is -1.54. The third-order valence-corrected chi connectivity index (χ3v) is 4.97. The highest BCUT2D eigenvalue weighted by atomic mass is 19.4. The lowest BCUT2D eigenvalue weighted by atomic mass is 9.94. The summed E-state index contributed by atoms with van der Waals surface area (Å²) in [5.41, 5.74) is 12.1. The molecule has 1 unspecified atom stereocenters. The van der Waals surface area contributed by atoms with Crippen LogP contribution >= 0.6 is 0 Å². The maximum atomic E-state index is 13.4. The lowest BCUT2D eigenvalue weighted by Crippen LogP contribution is -2.32. The number of nitrogen functional groups attached to an aromatic ring is 2. The van der Waals surface area contributed by atoms with Gasteiger partial charge in [-0.15, -0.1) is 0 Å². The topological polar surface area (TPSA) is 162 Å². The monoisotopic (exact) mass is 449 g/mol. The van der Waals surface area contributed by atoms with E-state index >= 15 is 0 Å². The molecule has 0 saturated carbocycles. The van der Waals surface area contributed by atoms with Crippen LogP contribution in [0.2, 0.25) is 0 Å². The summed E-state index contributed by atoms with van der Waals surface area (Å²) in [4.78, 5) is 12.5. The van der Waals surface area contributed by atoms with Gasteiger partial charge in [-0.1, -0.05) is 24.3 Å². The zero-order valence-electron chi connectivity index (χ0n) is 16.6. The number of aliphatic imine (C=N–C) groups is 1. The number of guanidine groups is 1. The van der Waals surface area contributed by atoms with E-state index in [2.05, 4.69) is 25.6 Å². The molecule has 1 atom stereocenters. The molecule has 3 heterocycles. The van der Waals surface area contributed by atoms with Crippen LogP contribution in [0.15, 0.2) is 47.6 Å². The number of nitrogens with one attached hydrogen (secondary N) is 2. The predicted octanol–water partition coefficient (Wildman–Crippen LogP) is 3.14. The molecule has 0 spiro atoms. The third kappa shape index (κ3) is 3.81. The second kappa shape index (κ2) is 8.01. The summed E-state index contributed by atoms with van der Waals surface area (Å²) < 4.78 is 40.1. The van der Waals surface area contributed by atoms with E-state index in [1.807, 2.05) is 6.07 Å². The highest BCUT2D eigenvalue weighted by Gasteiger charge is 2.34. The molecular weight excluding hydrogens is 435 g/mol. The van der Waals surface area contributed by atoms with Gasteiger partial charge in [-0.2, -0.15) is 23.7 Å². The molecular formula is C21H14F3N9. The molecule has 2 aromatic heterocycles. The fraction of sp³-hybridized carbons (Fsp3) is 0.0952. The van der Waals surface area contributed by atoms with Gasteiger partial charge in [-0.05, 0) is 17.7 Å². The number of nitriles is 2. The molecule has 0 amide bonds. The average molecular weight is 449 g/mol. The molecule has 3 aromatic rings. The van der Waals surface area contributed by atoms with E-state index in [4.69, 9.17) is 16.7 Å². The highest BCUT2D eigenvalue weighted by molar-refractivity contribution is 5.98. The number of nitrogens with two attached hydrogens (primary N) is 2. The second-order valence-corrected chi connectivity index (χ2v) is 6.92. The first-order valence-electron chi connectivity index (χ1n) is 9.36. The van der Waals surface area contributed by atoms with Gasteiger partial charge in [0.05, 0.1) is 16.9 Å². The zero-order valence-corrected chi connectivity index (χ0v) is 16.6. The molecule has 4 rings (SSSR count). The first-order chi connectivity index (χ1) is 15.7. The molecule has 0 saturated heterocycles. The number of rotatable bonds is 2. The number of aromatic nitrogens is 2. The fourth-order valence-electron chi connectivity index (χ4n) is 3.51. The van der Waals surface area contributed by atoms with Gasteiger partial charge in [-0.3, -0.25) is 10.3 Å². The Morgan fingerprint density at radius 3 is 2.45 bits per heavy atom. The SMILES string of the molecule is N#CNC1=NC(c2ccc(-c3ncccc3C(F)(F)F)cc2)c2c(nc(N)c(C#N)c2N)N1. The van der Waals surface area contributed by atoms with Crippen molar-refractivity contribution in [2.75, 3.05) is 16.8 Å². The van der Waals surface area contributed by atoms with Crippen molar-refractivity contribution in [3.63, 3.8) is 0 Å². The van der Waals surface area contributed by atoms with Crippen LogP contribution in [0.25, 0.3) is 11.3 Å². The van der Waals surface area contributed by atoms with Crippen LogP contribution in [0.1, 0.15) is 28.3 Å². The number of nitrogens with zero attached hydrogens (tertiary/aromatic N) is 5. The normalized spacial score (nSPS) is 14.8. The lowest BCUT2D eigenvalue weighted by Gasteiger charge is -2.26. The van der Waals surface area contributed by atoms with Gasteiger partial charge in [0.15, 0.2) is 6.19 Å². The van der Waals surface area contributed by atoms with Crippen LogP contribution in [0.5, 0.6) is 0 Å². The van der Waals surface area contributed by atoms with Gasteiger partial charge in [0.25, 0.3) is 0 Å². The van der Waals surface area contributed by atoms with E-state index in [-0.39, 0.29) is 40.1 Å². The van der Waals surface area contributed by atoms with Crippen LogP contribution in [-0.2, 0) is 6.18 Å². The number of hydrogen-bond acceptors (Lipinski definition) is 9. The molecule has 1 aliphatic heterocycles. The molecule has 1 aliphatic rings. The van der Waals surface area contributed by atoms with E-state index in [1.54, 1.807) is 18.3 Å². The number of hydrogen-bond donors (Lipinski definition) is 4. The van der Waals surface area contributed by atoms with Crippen LogP contribution in [0.3, 0.4) is 0 Å². The molecule has 1 aromatic carbocycles. The van der Waals surface area contributed by atoms with Gasteiger partial charge in [0, 0.05) is 17.3 Å². The van der Waals surface area contributed by atoms with Crippen molar-refractivity contribution in [2.24, 2.45) is 4.99 Å². The summed E-state index contributed by atoms with van der Waals surface area (Å²) in [5, 5.41) is 23.5. The predicted molar refractivity (Wildman–Crippen MR) is 114 cm³/mol. The van der Waals surface area contributed by atoms with Gasteiger partial charge in [0.2, 0.25) is 5.96 Å². The Bertz CT molecular complexity index is 1350. The minimum absolute atomic E-state index is 0.0210. The fourth-order valence-corrected chi connectivity index (χ4v) is 3.51. The van der Waals surface area contributed by atoms with E-state index in [0.29, 0.717) is 11.1 Å². The van der Waals surface area contributed by atoms with Crippen LogP contribution in [0.4, 0.5) is 30.5 Å². The quantitative estimate of drug-likeness (QED) is 0.343. The summed E-state index contributed by atoms with van der Waals surface area (Å²) in [5.74, 6) is 0.178. The minimum Gasteiger partial charge on any atom is -0.397 e. The van der Waals surface area contributed by atoms with Crippen LogP contribution in [-0.4, -0.2) is 15.9 Å². The van der Waals surface area contributed by atoms with Crippen molar-refractivity contribution in [1.82, 2.24) is 15.3 Å². The van der Waals surface area contributed by atoms with Crippen molar-refractivity contribution in [3.05, 3.63) is 64.8 Å². The number of pyridine rings is 2. The number of alkyl halides is 3. The Morgan fingerprint density at radius 2 is 1.82 bits per heavy atom.